The Bertz CT molecular complexity index is 757. The summed E-state index contributed by atoms with van der Waals surface area (Å²) < 4.78 is 0. The maximum atomic E-state index is 12.4. The average molecular weight is 373 g/mol. The highest BCUT2D eigenvalue weighted by Crippen LogP contribution is 2.20. The molecule has 0 atom stereocenters. The Morgan fingerprint density at radius 1 is 1.08 bits per heavy atom. The van der Waals surface area contributed by atoms with E-state index in [4.69, 9.17) is 11.6 Å². The first kappa shape index (κ1) is 18.5. The normalized spacial score (nSPS) is 14.6. The quantitative estimate of drug-likeness (QED) is 0.888. The molecular formula is C20H25ClN4O. The number of urea groups is 1. The van der Waals surface area contributed by atoms with E-state index in [0.717, 1.165) is 25.3 Å². The first-order valence-electron chi connectivity index (χ1n) is 8.81. The van der Waals surface area contributed by atoms with E-state index in [1.165, 1.54) is 11.3 Å². The Balaban J connectivity index is 1.56. The Morgan fingerprint density at radius 3 is 2.50 bits per heavy atom. The Kier molecular flexibility index (Phi) is 6.01. The van der Waals surface area contributed by atoms with Crippen molar-refractivity contribution in [1.82, 2.24) is 9.80 Å². The van der Waals surface area contributed by atoms with Gasteiger partial charge in [-0.15, -0.1) is 0 Å². The molecule has 26 heavy (non-hydrogen) atoms. The summed E-state index contributed by atoms with van der Waals surface area (Å²) in [5.41, 5.74) is 3.24. The summed E-state index contributed by atoms with van der Waals surface area (Å²) in [6.07, 6.45) is 0. The van der Waals surface area contributed by atoms with Gasteiger partial charge in [-0.3, -0.25) is 0 Å². The van der Waals surface area contributed by atoms with Crippen molar-refractivity contribution in [2.75, 3.05) is 50.5 Å². The van der Waals surface area contributed by atoms with Crippen LogP contribution in [-0.2, 0) is 6.54 Å². The summed E-state index contributed by atoms with van der Waals surface area (Å²) in [5, 5.41) is 3.53. The maximum Gasteiger partial charge on any atom is 0.321 e. The second-order valence-electron chi connectivity index (χ2n) is 6.82. The highest BCUT2D eigenvalue weighted by Gasteiger charge is 2.21. The van der Waals surface area contributed by atoms with Crippen LogP contribution in [0, 0.1) is 0 Å². The van der Waals surface area contributed by atoms with Crippen LogP contribution in [0.5, 0.6) is 0 Å². The molecule has 2 amide bonds. The zero-order valence-electron chi connectivity index (χ0n) is 15.3. The molecule has 2 aromatic rings. The van der Waals surface area contributed by atoms with Crippen molar-refractivity contribution in [1.29, 1.82) is 0 Å². The van der Waals surface area contributed by atoms with Gasteiger partial charge >= 0.3 is 6.03 Å². The lowest BCUT2D eigenvalue weighted by molar-refractivity contribution is 0.208. The van der Waals surface area contributed by atoms with Gasteiger partial charge in [0.05, 0.1) is 0 Å². The van der Waals surface area contributed by atoms with E-state index >= 15 is 0 Å². The molecule has 1 N–H and O–H groups in total. The summed E-state index contributed by atoms with van der Waals surface area (Å²) in [6, 6.07) is 15.8. The third-order valence-corrected chi connectivity index (χ3v) is 4.65. The number of rotatable bonds is 4. The lowest BCUT2D eigenvalue weighted by Gasteiger charge is -2.36. The van der Waals surface area contributed by atoms with Crippen LogP contribution in [0.1, 0.15) is 5.56 Å². The van der Waals surface area contributed by atoms with Crippen molar-refractivity contribution in [2.24, 2.45) is 0 Å². The molecule has 0 aliphatic carbocycles. The lowest BCUT2D eigenvalue weighted by Crippen LogP contribution is -2.50. The highest BCUT2D eigenvalue weighted by molar-refractivity contribution is 6.30. The highest BCUT2D eigenvalue weighted by atomic mass is 35.5. The van der Waals surface area contributed by atoms with E-state index in [1.54, 1.807) is 12.1 Å². The van der Waals surface area contributed by atoms with Gasteiger partial charge in [-0.1, -0.05) is 29.8 Å². The minimum absolute atomic E-state index is 0.0757. The number of hydrogen-bond acceptors (Lipinski definition) is 3. The largest absolute Gasteiger partial charge is 0.368 e. The SMILES string of the molecule is CN(C)Cc1cccc(N2CCN(C(=O)Nc3cccc(Cl)c3)CC2)c1. The molecule has 3 rings (SSSR count). The van der Waals surface area contributed by atoms with Crippen LogP contribution < -0.4 is 10.2 Å². The van der Waals surface area contributed by atoms with Crippen LogP contribution in [0.25, 0.3) is 0 Å². The molecule has 0 aromatic heterocycles. The molecule has 1 heterocycles. The summed E-state index contributed by atoms with van der Waals surface area (Å²) in [5.74, 6) is 0. The fraction of sp³-hybridized carbons (Fsp3) is 0.350. The molecule has 0 unspecified atom stereocenters. The van der Waals surface area contributed by atoms with Crippen LogP contribution in [0.2, 0.25) is 5.02 Å². The molecule has 0 bridgehead atoms. The molecule has 1 aliphatic rings. The van der Waals surface area contributed by atoms with Crippen molar-refractivity contribution in [3.8, 4) is 0 Å². The Morgan fingerprint density at radius 2 is 1.81 bits per heavy atom. The van der Waals surface area contributed by atoms with E-state index in [0.29, 0.717) is 18.1 Å². The monoisotopic (exact) mass is 372 g/mol. The number of piperazine rings is 1. The first-order chi connectivity index (χ1) is 12.5. The van der Waals surface area contributed by atoms with Gasteiger partial charge in [0.15, 0.2) is 0 Å². The molecule has 1 aliphatic heterocycles. The molecular weight excluding hydrogens is 348 g/mol. The topological polar surface area (TPSA) is 38.8 Å². The smallest absolute Gasteiger partial charge is 0.321 e. The minimum Gasteiger partial charge on any atom is -0.368 e. The van der Waals surface area contributed by atoms with Crippen LogP contribution in [0.15, 0.2) is 48.5 Å². The van der Waals surface area contributed by atoms with Crippen LogP contribution in [-0.4, -0.2) is 56.1 Å². The number of nitrogens with one attached hydrogen (secondary N) is 1. The van der Waals surface area contributed by atoms with Crippen LogP contribution in [0.3, 0.4) is 0 Å². The van der Waals surface area contributed by atoms with Crippen molar-refractivity contribution in [2.45, 2.75) is 6.54 Å². The van der Waals surface area contributed by atoms with Gasteiger partial charge in [-0.2, -0.15) is 0 Å². The van der Waals surface area contributed by atoms with Crippen molar-refractivity contribution < 1.29 is 4.79 Å². The fourth-order valence-corrected chi connectivity index (χ4v) is 3.34. The fourth-order valence-electron chi connectivity index (χ4n) is 3.15. The third-order valence-electron chi connectivity index (χ3n) is 4.42. The number of carbonyl (C=O) groups is 1. The van der Waals surface area contributed by atoms with E-state index in [1.807, 2.05) is 17.0 Å². The average Bonchev–Trinajstić information content (AvgIpc) is 2.61. The van der Waals surface area contributed by atoms with Gasteiger partial charge in [0, 0.05) is 49.1 Å². The van der Waals surface area contributed by atoms with Gasteiger partial charge in [-0.05, 0) is 50.0 Å². The first-order valence-corrected chi connectivity index (χ1v) is 9.19. The standard InChI is InChI=1S/C20H25ClN4O/c1-23(2)15-16-5-3-8-19(13-16)24-9-11-25(12-10-24)20(26)22-18-7-4-6-17(21)14-18/h3-8,13-14H,9-12,15H2,1-2H3,(H,22,26). The number of halogens is 1. The Labute approximate surface area is 160 Å². The van der Waals surface area contributed by atoms with Crippen molar-refractivity contribution >= 4 is 29.0 Å². The zero-order chi connectivity index (χ0) is 18.5. The molecule has 0 spiro atoms. The number of anilines is 2. The van der Waals surface area contributed by atoms with E-state index in [9.17, 15) is 4.79 Å². The van der Waals surface area contributed by atoms with Gasteiger partial charge in [0.2, 0.25) is 0 Å². The number of amides is 2. The summed E-state index contributed by atoms with van der Waals surface area (Å²) in [7, 11) is 4.15. The second kappa shape index (κ2) is 8.43. The number of carbonyl (C=O) groups excluding carboxylic acids is 1. The molecule has 2 aromatic carbocycles. The molecule has 0 saturated carbocycles. The molecule has 138 valence electrons. The maximum absolute atomic E-state index is 12.4. The predicted molar refractivity (Wildman–Crippen MR) is 108 cm³/mol. The molecule has 1 saturated heterocycles. The number of benzene rings is 2. The van der Waals surface area contributed by atoms with Gasteiger partial charge in [0.25, 0.3) is 0 Å². The van der Waals surface area contributed by atoms with Gasteiger partial charge < -0.3 is 20.0 Å². The summed E-state index contributed by atoms with van der Waals surface area (Å²) >= 11 is 5.97. The molecule has 6 heteroatoms. The van der Waals surface area contributed by atoms with Crippen LogP contribution in [0.4, 0.5) is 16.2 Å². The molecule has 1 fully saturated rings. The second-order valence-corrected chi connectivity index (χ2v) is 7.26. The number of hydrogen-bond donors (Lipinski definition) is 1. The lowest BCUT2D eigenvalue weighted by atomic mass is 10.1. The van der Waals surface area contributed by atoms with Crippen molar-refractivity contribution in [3.05, 3.63) is 59.1 Å². The molecule has 5 nitrogen and oxygen atoms in total. The van der Waals surface area contributed by atoms with Crippen LogP contribution >= 0.6 is 11.6 Å². The van der Waals surface area contributed by atoms with Gasteiger partial charge in [-0.25, -0.2) is 4.79 Å². The van der Waals surface area contributed by atoms with E-state index in [-0.39, 0.29) is 6.03 Å². The number of nitrogens with zero attached hydrogens (tertiary/aromatic N) is 3. The third kappa shape index (κ3) is 4.90. The summed E-state index contributed by atoms with van der Waals surface area (Å²) in [6.45, 7) is 3.98. The van der Waals surface area contributed by atoms with Crippen molar-refractivity contribution in [3.63, 3.8) is 0 Å². The van der Waals surface area contributed by atoms with E-state index in [2.05, 4.69) is 53.5 Å². The minimum atomic E-state index is -0.0757. The summed E-state index contributed by atoms with van der Waals surface area (Å²) in [4.78, 5) is 18.8. The zero-order valence-corrected chi connectivity index (χ0v) is 16.0. The van der Waals surface area contributed by atoms with Gasteiger partial charge in [0.1, 0.15) is 0 Å². The Hall–Kier alpha value is -2.24. The van der Waals surface area contributed by atoms with E-state index < -0.39 is 0 Å². The molecule has 0 radical (unpaired) electrons. The predicted octanol–water partition coefficient (Wildman–Crippen LogP) is 3.76.